The van der Waals surface area contributed by atoms with Gasteiger partial charge >= 0.3 is 0 Å². The molecule has 0 unspecified atom stereocenters. The highest BCUT2D eigenvalue weighted by atomic mass is 15.0. The number of hydrogen-bond donors (Lipinski definition) is 0. The average molecular weight is 700 g/mol. The lowest BCUT2D eigenvalue weighted by atomic mass is 9.97. The molecular formula is C50H29N5. The third-order valence-electron chi connectivity index (χ3n) is 11.1. The van der Waals surface area contributed by atoms with Crippen LogP contribution in [0.5, 0.6) is 0 Å². The zero-order chi connectivity index (χ0) is 36.6. The molecule has 0 aliphatic carbocycles. The van der Waals surface area contributed by atoms with E-state index in [4.69, 9.17) is 0 Å². The van der Waals surface area contributed by atoms with Gasteiger partial charge in [-0.15, -0.1) is 0 Å². The molecule has 0 saturated heterocycles. The highest BCUT2D eigenvalue weighted by Crippen LogP contribution is 2.41. The van der Waals surface area contributed by atoms with Crippen LogP contribution in [-0.4, -0.2) is 13.7 Å². The predicted octanol–water partition coefficient (Wildman–Crippen LogP) is 12.4. The molecule has 0 bridgehead atoms. The van der Waals surface area contributed by atoms with Crippen molar-refractivity contribution in [2.24, 2.45) is 0 Å². The van der Waals surface area contributed by atoms with Gasteiger partial charge in [0.2, 0.25) is 0 Å². The zero-order valence-electron chi connectivity index (χ0n) is 29.5. The van der Waals surface area contributed by atoms with Gasteiger partial charge in [-0.2, -0.15) is 10.5 Å². The third-order valence-corrected chi connectivity index (χ3v) is 11.1. The van der Waals surface area contributed by atoms with Gasteiger partial charge in [0.1, 0.15) is 0 Å². The van der Waals surface area contributed by atoms with Gasteiger partial charge in [-0.05, 0) is 84.4 Å². The topological polar surface area (TPSA) is 62.4 Å². The van der Waals surface area contributed by atoms with E-state index in [1.807, 2.05) is 36.4 Å². The van der Waals surface area contributed by atoms with Gasteiger partial charge in [0, 0.05) is 49.3 Å². The van der Waals surface area contributed by atoms with Crippen LogP contribution in [0.15, 0.2) is 176 Å². The average Bonchev–Trinajstić information content (AvgIpc) is 3.88. The molecule has 8 aromatic carbocycles. The second-order valence-corrected chi connectivity index (χ2v) is 14.0. The lowest BCUT2D eigenvalue weighted by Crippen LogP contribution is -2.01. The van der Waals surface area contributed by atoms with Crippen molar-refractivity contribution in [2.75, 3.05) is 0 Å². The first-order valence-corrected chi connectivity index (χ1v) is 18.3. The summed E-state index contributed by atoms with van der Waals surface area (Å²) in [5.74, 6) is 0. The molecule has 254 valence electrons. The van der Waals surface area contributed by atoms with Crippen molar-refractivity contribution in [3.8, 4) is 40.3 Å². The van der Waals surface area contributed by atoms with Crippen LogP contribution in [0.1, 0.15) is 11.1 Å². The smallest absolute Gasteiger partial charge is 0.0998 e. The standard InChI is InChI=1S/C50H29N5/c51-30-32-20-27-47-42(28-32)40-14-4-7-17-45(40)54(47)36-25-26-41-39-13-3-8-18-46(39)55(49(41)29-36)48-19-9-10-34(31-52)50(48)33-21-23-35(24-22-33)53-43-15-5-1-11-37(43)38-12-2-6-16-44(38)53/h1-29H. The minimum absolute atomic E-state index is 0.611. The number of para-hydroxylation sites is 4. The van der Waals surface area contributed by atoms with E-state index in [0.29, 0.717) is 11.1 Å². The fourth-order valence-corrected chi connectivity index (χ4v) is 8.78. The molecule has 0 radical (unpaired) electrons. The Labute approximate surface area is 316 Å². The molecule has 55 heavy (non-hydrogen) atoms. The number of hydrogen-bond acceptors (Lipinski definition) is 2. The fraction of sp³-hybridized carbons (Fsp3) is 0. The van der Waals surface area contributed by atoms with Gasteiger partial charge in [-0.1, -0.05) is 97.1 Å². The summed E-state index contributed by atoms with van der Waals surface area (Å²) in [6.07, 6.45) is 0. The molecule has 5 nitrogen and oxygen atoms in total. The SMILES string of the molecule is N#Cc1ccc2c(c1)c1ccccc1n2-c1ccc2c3ccccc3n(-c3cccc(C#N)c3-c3ccc(-n4c5ccccc5c5ccccc54)cc3)c2c1. The molecule has 11 rings (SSSR count). The maximum atomic E-state index is 10.6. The molecule has 0 aliphatic rings. The summed E-state index contributed by atoms with van der Waals surface area (Å²) < 4.78 is 6.91. The Bertz CT molecular complexity index is 3400. The first-order chi connectivity index (χ1) is 27.2. The van der Waals surface area contributed by atoms with Crippen molar-refractivity contribution in [1.82, 2.24) is 13.7 Å². The Morgan fingerprint density at radius 1 is 0.345 bits per heavy atom. The number of benzene rings is 8. The van der Waals surface area contributed by atoms with E-state index >= 15 is 0 Å². The first-order valence-electron chi connectivity index (χ1n) is 18.3. The van der Waals surface area contributed by atoms with Crippen LogP contribution in [0.2, 0.25) is 0 Å². The van der Waals surface area contributed by atoms with E-state index < -0.39 is 0 Å². The summed E-state index contributed by atoms with van der Waals surface area (Å²) in [4.78, 5) is 0. The number of rotatable bonds is 4. The Kier molecular flexibility index (Phi) is 6.61. The van der Waals surface area contributed by atoms with Crippen LogP contribution < -0.4 is 0 Å². The highest BCUT2D eigenvalue weighted by molar-refractivity contribution is 6.13. The first kappa shape index (κ1) is 30.7. The number of fused-ring (bicyclic) bond motifs is 9. The number of nitrogens with zero attached hydrogens (tertiary/aromatic N) is 5. The van der Waals surface area contributed by atoms with Gasteiger partial charge in [-0.25, -0.2) is 0 Å². The fourth-order valence-electron chi connectivity index (χ4n) is 8.78. The molecule has 0 N–H and O–H groups in total. The van der Waals surface area contributed by atoms with Gasteiger partial charge in [-0.3, -0.25) is 0 Å². The summed E-state index contributed by atoms with van der Waals surface area (Å²) in [6.45, 7) is 0. The Hall–Kier alpha value is -7.86. The van der Waals surface area contributed by atoms with Crippen LogP contribution in [0.25, 0.3) is 93.6 Å². The van der Waals surface area contributed by atoms with Crippen molar-refractivity contribution < 1.29 is 0 Å². The van der Waals surface area contributed by atoms with E-state index in [2.05, 4.69) is 165 Å². The molecule has 0 aliphatic heterocycles. The molecule has 3 aromatic heterocycles. The van der Waals surface area contributed by atoms with Crippen molar-refractivity contribution in [3.05, 3.63) is 187 Å². The van der Waals surface area contributed by atoms with E-state index in [0.717, 1.165) is 82.8 Å². The molecular weight excluding hydrogens is 671 g/mol. The van der Waals surface area contributed by atoms with Gasteiger partial charge in [0.15, 0.2) is 0 Å². The van der Waals surface area contributed by atoms with Gasteiger partial charge < -0.3 is 13.7 Å². The molecule has 0 atom stereocenters. The monoisotopic (exact) mass is 699 g/mol. The van der Waals surface area contributed by atoms with Gasteiger partial charge in [0.05, 0.1) is 62.1 Å². The van der Waals surface area contributed by atoms with Crippen molar-refractivity contribution >= 4 is 65.4 Å². The van der Waals surface area contributed by atoms with E-state index in [9.17, 15) is 10.5 Å². The maximum Gasteiger partial charge on any atom is 0.0998 e. The summed E-state index contributed by atoms with van der Waals surface area (Å²) in [6, 6.07) is 66.0. The second-order valence-electron chi connectivity index (χ2n) is 14.0. The van der Waals surface area contributed by atoms with E-state index in [1.54, 1.807) is 0 Å². The quantitative estimate of drug-likeness (QED) is 0.184. The molecule has 5 heteroatoms. The normalized spacial score (nSPS) is 11.6. The van der Waals surface area contributed by atoms with E-state index in [1.165, 1.54) is 10.8 Å². The molecule has 11 aromatic rings. The minimum Gasteiger partial charge on any atom is -0.309 e. The summed E-state index contributed by atoms with van der Waals surface area (Å²) in [5.41, 5.74) is 12.6. The van der Waals surface area contributed by atoms with Crippen LogP contribution >= 0.6 is 0 Å². The summed E-state index contributed by atoms with van der Waals surface area (Å²) >= 11 is 0. The third kappa shape index (κ3) is 4.45. The molecule has 0 spiro atoms. The van der Waals surface area contributed by atoms with Crippen molar-refractivity contribution in [2.45, 2.75) is 0 Å². The van der Waals surface area contributed by atoms with Crippen LogP contribution in [0.4, 0.5) is 0 Å². The molecule has 0 amide bonds. The van der Waals surface area contributed by atoms with E-state index in [-0.39, 0.29) is 0 Å². The number of aromatic nitrogens is 3. The number of nitriles is 2. The highest BCUT2D eigenvalue weighted by Gasteiger charge is 2.21. The lowest BCUT2D eigenvalue weighted by Gasteiger charge is -2.17. The molecule has 3 heterocycles. The predicted molar refractivity (Wildman–Crippen MR) is 224 cm³/mol. The molecule has 0 saturated carbocycles. The Morgan fingerprint density at radius 3 is 1.45 bits per heavy atom. The Morgan fingerprint density at radius 2 is 0.855 bits per heavy atom. The lowest BCUT2D eigenvalue weighted by molar-refractivity contribution is 1.15. The largest absolute Gasteiger partial charge is 0.309 e. The van der Waals surface area contributed by atoms with Crippen molar-refractivity contribution in [1.29, 1.82) is 10.5 Å². The maximum absolute atomic E-state index is 10.6. The van der Waals surface area contributed by atoms with Crippen LogP contribution in [-0.2, 0) is 0 Å². The summed E-state index contributed by atoms with van der Waals surface area (Å²) in [7, 11) is 0. The molecule has 0 fully saturated rings. The van der Waals surface area contributed by atoms with Crippen LogP contribution in [0, 0.1) is 22.7 Å². The summed E-state index contributed by atoms with van der Waals surface area (Å²) in [5, 5.41) is 27.2. The minimum atomic E-state index is 0.611. The van der Waals surface area contributed by atoms with Crippen molar-refractivity contribution in [3.63, 3.8) is 0 Å². The zero-order valence-corrected chi connectivity index (χ0v) is 29.5. The second kappa shape index (κ2) is 11.8. The van der Waals surface area contributed by atoms with Crippen LogP contribution in [0.3, 0.4) is 0 Å². The van der Waals surface area contributed by atoms with Gasteiger partial charge in [0.25, 0.3) is 0 Å². The Balaban J connectivity index is 1.14.